The van der Waals surface area contributed by atoms with Crippen molar-refractivity contribution in [2.24, 2.45) is 5.92 Å². The van der Waals surface area contributed by atoms with Crippen LogP contribution in [0.1, 0.15) is 34.1 Å². The van der Waals surface area contributed by atoms with Crippen molar-refractivity contribution in [3.8, 4) is 12.3 Å². The maximum Gasteiger partial charge on any atom is 0.0955 e. The molecule has 0 spiro atoms. The summed E-state index contributed by atoms with van der Waals surface area (Å²) in [7, 11) is 0. The van der Waals surface area contributed by atoms with Crippen molar-refractivity contribution in [1.29, 1.82) is 0 Å². The van der Waals surface area contributed by atoms with Crippen LogP contribution in [0.2, 0.25) is 0 Å². The third kappa shape index (κ3) is 4.64. The molecule has 2 nitrogen and oxygen atoms in total. The lowest BCUT2D eigenvalue weighted by atomic mass is 10.00. The van der Waals surface area contributed by atoms with Gasteiger partial charge in [-0.3, -0.25) is 0 Å². The summed E-state index contributed by atoms with van der Waals surface area (Å²) in [5.74, 6) is 3.21. The summed E-state index contributed by atoms with van der Waals surface area (Å²) in [6, 6.07) is 0.0369. The second kappa shape index (κ2) is 7.84. The number of nitrogens with one attached hydrogen (secondary N) is 1. The molecule has 0 aromatic rings. The zero-order chi connectivity index (χ0) is 11.0. The van der Waals surface area contributed by atoms with E-state index in [-0.39, 0.29) is 12.1 Å². The molecule has 1 N–H and O–H groups in total. The first-order chi connectivity index (χ1) is 6.67. The fourth-order valence-electron chi connectivity index (χ4n) is 1.44. The van der Waals surface area contributed by atoms with Gasteiger partial charge in [-0.25, -0.2) is 0 Å². The number of ether oxygens (including phenoxy) is 1. The standard InChI is InChI=1S/C12H23NO/c1-6-9-13-11(7-2)12(10(4)5)14-8-3/h2,10-13H,6,8-9H2,1,3-5H3. The van der Waals surface area contributed by atoms with Gasteiger partial charge in [-0.15, -0.1) is 6.42 Å². The van der Waals surface area contributed by atoms with Crippen molar-refractivity contribution in [3.05, 3.63) is 0 Å². The van der Waals surface area contributed by atoms with Crippen LogP contribution in [0.4, 0.5) is 0 Å². The third-order valence-corrected chi connectivity index (χ3v) is 2.14. The molecular formula is C12H23NO. The molecule has 2 atom stereocenters. The molecule has 0 heterocycles. The van der Waals surface area contributed by atoms with Gasteiger partial charge in [0, 0.05) is 6.61 Å². The largest absolute Gasteiger partial charge is 0.376 e. The second-order valence-electron chi connectivity index (χ2n) is 3.76. The first-order valence-corrected chi connectivity index (χ1v) is 5.48. The molecule has 0 saturated heterocycles. The molecule has 0 saturated carbocycles. The quantitative estimate of drug-likeness (QED) is 0.631. The average Bonchev–Trinajstić information content (AvgIpc) is 2.17. The minimum Gasteiger partial charge on any atom is -0.376 e. The summed E-state index contributed by atoms with van der Waals surface area (Å²) in [5.41, 5.74) is 0. The van der Waals surface area contributed by atoms with Gasteiger partial charge < -0.3 is 10.1 Å². The Morgan fingerprint density at radius 3 is 2.36 bits per heavy atom. The van der Waals surface area contributed by atoms with Crippen LogP contribution in [0, 0.1) is 18.3 Å². The van der Waals surface area contributed by atoms with E-state index in [4.69, 9.17) is 11.2 Å². The first-order valence-electron chi connectivity index (χ1n) is 5.48. The molecule has 0 aliphatic carbocycles. The third-order valence-electron chi connectivity index (χ3n) is 2.14. The van der Waals surface area contributed by atoms with E-state index in [1.807, 2.05) is 6.92 Å². The van der Waals surface area contributed by atoms with Crippen molar-refractivity contribution in [2.45, 2.75) is 46.3 Å². The molecule has 0 bridgehead atoms. The summed E-state index contributed by atoms with van der Waals surface area (Å²) in [6.07, 6.45) is 6.70. The number of hydrogen-bond acceptors (Lipinski definition) is 2. The molecule has 0 amide bonds. The Morgan fingerprint density at radius 1 is 1.36 bits per heavy atom. The fourth-order valence-corrected chi connectivity index (χ4v) is 1.44. The Bertz CT molecular complexity index is 172. The van der Waals surface area contributed by atoms with E-state index in [9.17, 15) is 0 Å². The van der Waals surface area contributed by atoms with E-state index in [2.05, 4.69) is 32.0 Å². The molecule has 0 aliphatic heterocycles. The van der Waals surface area contributed by atoms with Gasteiger partial charge in [-0.2, -0.15) is 0 Å². The predicted molar refractivity (Wildman–Crippen MR) is 61.2 cm³/mol. The van der Waals surface area contributed by atoms with Gasteiger partial charge in [0.25, 0.3) is 0 Å². The Labute approximate surface area is 88.4 Å². The summed E-state index contributed by atoms with van der Waals surface area (Å²) in [4.78, 5) is 0. The first kappa shape index (κ1) is 13.5. The molecule has 14 heavy (non-hydrogen) atoms. The maximum atomic E-state index is 5.65. The smallest absolute Gasteiger partial charge is 0.0955 e. The molecule has 0 rings (SSSR count). The maximum absolute atomic E-state index is 5.65. The highest BCUT2D eigenvalue weighted by Gasteiger charge is 2.22. The predicted octanol–water partition coefficient (Wildman–Crippen LogP) is 2.05. The average molecular weight is 197 g/mol. The van der Waals surface area contributed by atoms with E-state index in [1.54, 1.807) is 0 Å². The summed E-state index contributed by atoms with van der Waals surface area (Å²) in [5, 5.41) is 3.32. The van der Waals surface area contributed by atoms with Gasteiger partial charge >= 0.3 is 0 Å². The van der Waals surface area contributed by atoms with Crippen molar-refractivity contribution in [3.63, 3.8) is 0 Å². The molecule has 2 heteroatoms. The lowest BCUT2D eigenvalue weighted by Gasteiger charge is -2.27. The lowest BCUT2D eigenvalue weighted by Crippen LogP contribution is -2.43. The lowest BCUT2D eigenvalue weighted by molar-refractivity contribution is 0.0166. The molecule has 82 valence electrons. The van der Waals surface area contributed by atoms with Gasteiger partial charge in [-0.1, -0.05) is 26.7 Å². The van der Waals surface area contributed by atoms with Crippen LogP contribution in [0.15, 0.2) is 0 Å². The molecule has 0 radical (unpaired) electrons. The Morgan fingerprint density at radius 2 is 2.00 bits per heavy atom. The van der Waals surface area contributed by atoms with Gasteiger partial charge in [-0.05, 0) is 25.8 Å². The monoisotopic (exact) mass is 197 g/mol. The fraction of sp³-hybridized carbons (Fsp3) is 0.833. The summed E-state index contributed by atoms with van der Waals surface area (Å²) < 4.78 is 5.65. The number of terminal acetylenes is 1. The molecule has 0 aromatic heterocycles. The van der Waals surface area contributed by atoms with Crippen molar-refractivity contribution >= 4 is 0 Å². The zero-order valence-corrected chi connectivity index (χ0v) is 9.84. The summed E-state index contributed by atoms with van der Waals surface area (Å²) >= 11 is 0. The molecule has 0 fully saturated rings. The van der Waals surface area contributed by atoms with Crippen LogP contribution in [-0.4, -0.2) is 25.3 Å². The van der Waals surface area contributed by atoms with Gasteiger partial charge in [0.15, 0.2) is 0 Å². The molecular weight excluding hydrogens is 174 g/mol. The van der Waals surface area contributed by atoms with Crippen LogP contribution in [0.25, 0.3) is 0 Å². The topological polar surface area (TPSA) is 21.3 Å². The number of rotatable bonds is 7. The van der Waals surface area contributed by atoms with E-state index in [1.165, 1.54) is 0 Å². The van der Waals surface area contributed by atoms with Gasteiger partial charge in [0.1, 0.15) is 0 Å². The van der Waals surface area contributed by atoms with Crippen LogP contribution in [0.5, 0.6) is 0 Å². The van der Waals surface area contributed by atoms with Crippen molar-refractivity contribution < 1.29 is 4.74 Å². The van der Waals surface area contributed by atoms with Crippen LogP contribution >= 0.6 is 0 Å². The number of hydrogen-bond donors (Lipinski definition) is 1. The molecule has 0 aromatic carbocycles. The second-order valence-corrected chi connectivity index (χ2v) is 3.76. The van der Waals surface area contributed by atoms with Crippen LogP contribution < -0.4 is 5.32 Å². The van der Waals surface area contributed by atoms with Crippen LogP contribution in [0.3, 0.4) is 0 Å². The normalized spacial score (nSPS) is 15.1. The Kier molecular flexibility index (Phi) is 7.55. The Balaban J connectivity index is 4.20. The van der Waals surface area contributed by atoms with E-state index < -0.39 is 0 Å². The van der Waals surface area contributed by atoms with E-state index in [0.29, 0.717) is 5.92 Å². The summed E-state index contributed by atoms with van der Waals surface area (Å²) in [6.45, 7) is 10.1. The molecule has 2 unspecified atom stereocenters. The van der Waals surface area contributed by atoms with Crippen molar-refractivity contribution in [2.75, 3.05) is 13.2 Å². The van der Waals surface area contributed by atoms with Gasteiger partial charge in [0.2, 0.25) is 0 Å². The van der Waals surface area contributed by atoms with Crippen LogP contribution in [-0.2, 0) is 4.74 Å². The minimum atomic E-state index is 0.0369. The highest BCUT2D eigenvalue weighted by Crippen LogP contribution is 2.11. The molecule has 0 aliphatic rings. The van der Waals surface area contributed by atoms with Gasteiger partial charge in [0.05, 0.1) is 12.1 Å². The zero-order valence-electron chi connectivity index (χ0n) is 9.84. The Hall–Kier alpha value is -0.520. The minimum absolute atomic E-state index is 0.0369. The van der Waals surface area contributed by atoms with E-state index >= 15 is 0 Å². The highest BCUT2D eigenvalue weighted by molar-refractivity contribution is 5.03. The highest BCUT2D eigenvalue weighted by atomic mass is 16.5. The van der Waals surface area contributed by atoms with Crippen molar-refractivity contribution in [1.82, 2.24) is 5.32 Å². The van der Waals surface area contributed by atoms with E-state index in [0.717, 1.165) is 19.6 Å². The SMILES string of the molecule is C#CC(NCCC)C(OCC)C(C)C.